The van der Waals surface area contributed by atoms with Crippen molar-refractivity contribution in [3.8, 4) is 5.75 Å². The van der Waals surface area contributed by atoms with Crippen LogP contribution in [-0.2, 0) is 39.4 Å². The molecule has 0 saturated carbocycles. The molecule has 0 aliphatic carbocycles. The lowest BCUT2D eigenvalue weighted by Gasteiger charge is -2.21. The lowest BCUT2D eigenvalue weighted by Crippen LogP contribution is -2.30. The SMILES string of the molecule is CCOCCOCCOc1ccc(C(F)(F)F)cc1C(=O)/N=c1\cc(C(C)(C)C)n(C)n1C[C@H]1CCCO1. The van der Waals surface area contributed by atoms with E-state index in [1.807, 2.05) is 44.1 Å². The molecule has 0 spiro atoms. The summed E-state index contributed by atoms with van der Waals surface area (Å²) < 4.78 is 66.3. The van der Waals surface area contributed by atoms with Crippen LogP contribution >= 0.6 is 0 Å². The third-order valence-electron chi connectivity index (χ3n) is 6.22. The van der Waals surface area contributed by atoms with Crippen molar-refractivity contribution in [3.63, 3.8) is 0 Å². The lowest BCUT2D eigenvalue weighted by molar-refractivity contribution is -0.137. The number of benzene rings is 1. The number of halogens is 3. The molecule has 8 nitrogen and oxygen atoms in total. The minimum absolute atomic E-state index is 0.0119. The molecule has 1 aromatic carbocycles. The van der Waals surface area contributed by atoms with E-state index in [0.717, 1.165) is 36.7 Å². The second-order valence-electron chi connectivity index (χ2n) is 10.2. The maximum absolute atomic E-state index is 13.5. The molecule has 2 aromatic rings. The molecular formula is C27H38F3N3O5. The topological polar surface area (TPSA) is 76.2 Å². The lowest BCUT2D eigenvalue weighted by atomic mass is 9.92. The van der Waals surface area contributed by atoms with Gasteiger partial charge in [0.1, 0.15) is 12.4 Å². The number of nitrogens with zero attached hydrogens (tertiary/aromatic N) is 3. The molecule has 1 aromatic heterocycles. The highest BCUT2D eigenvalue weighted by Crippen LogP contribution is 2.33. The summed E-state index contributed by atoms with van der Waals surface area (Å²) >= 11 is 0. The van der Waals surface area contributed by atoms with E-state index >= 15 is 0 Å². The Morgan fingerprint density at radius 2 is 1.82 bits per heavy atom. The molecule has 1 atom stereocenters. The Labute approximate surface area is 221 Å². The molecule has 0 radical (unpaired) electrons. The molecular weight excluding hydrogens is 503 g/mol. The van der Waals surface area contributed by atoms with E-state index in [0.29, 0.717) is 38.5 Å². The first-order chi connectivity index (χ1) is 17.9. The number of hydrogen-bond acceptors (Lipinski definition) is 5. The quantitative estimate of drug-likeness (QED) is 0.392. The van der Waals surface area contributed by atoms with Crippen LogP contribution in [0.5, 0.6) is 5.75 Å². The Bertz CT molecular complexity index is 1140. The summed E-state index contributed by atoms with van der Waals surface area (Å²) in [5.41, 5.74) is -0.199. The van der Waals surface area contributed by atoms with E-state index in [4.69, 9.17) is 18.9 Å². The molecule has 0 N–H and O–H groups in total. The molecule has 3 rings (SSSR count). The monoisotopic (exact) mass is 541 g/mol. The highest BCUT2D eigenvalue weighted by atomic mass is 19.4. The number of carbonyl (C=O) groups is 1. The summed E-state index contributed by atoms with van der Waals surface area (Å²) in [6, 6.07) is 4.63. The number of hydrogen-bond donors (Lipinski definition) is 0. The molecule has 38 heavy (non-hydrogen) atoms. The first-order valence-corrected chi connectivity index (χ1v) is 12.9. The maximum Gasteiger partial charge on any atom is 0.416 e. The predicted molar refractivity (Wildman–Crippen MR) is 135 cm³/mol. The summed E-state index contributed by atoms with van der Waals surface area (Å²) in [5, 5.41) is 0. The molecule has 2 heterocycles. The molecule has 0 unspecified atom stereocenters. The van der Waals surface area contributed by atoms with Gasteiger partial charge in [-0.05, 0) is 38.0 Å². The van der Waals surface area contributed by atoms with Crippen LogP contribution in [0.2, 0.25) is 0 Å². The Balaban J connectivity index is 1.93. The summed E-state index contributed by atoms with van der Waals surface area (Å²) in [4.78, 5) is 17.6. The smallest absolute Gasteiger partial charge is 0.416 e. The van der Waals surface area contributed by atoms with E-state index in [1.165, 1.54) is 0 Å². The van der Waals surface area contributed by atoms with E-state index in [1.54, 1.807) is 6.07 Å². The average molecular weight is 542 g/mol. The number of aromatic nitrogens is 2. The van der Waals surface area contributed by atoms with Gasteiger partial charge in [-0.25, -0.2) is 0 Å². The Morgan fingerprint density at radius 3 is 2.45 bits per heavy atom. The first-order valence-electron chi connectivity index (χ1n) is 12.9. The number of carbonyl (C=O) groups excluding carboxylic acids is 1. The zero-order valence-electron chi connectivity index (χ0n) is 22.8. The fraction of sp³-hybridized carbons (Fsp3) is 0.630. The van der Waals surface area contributed by atoms with Gasteiger partial charge in [-0.15, -0.1) is 0 Å². The second kappa shape index (κ2) is 12.9. The fourth-order valence-corrected chi connectivity index (χ4v) is 4.30. The first kappa shape index (κ1) is 29.9. The molecule has 1 amide bonds. The molecule has 0 bridgehead atoms. The van der Waals surface area contributed by atoms with Crippen molar-refractivity contribution in [2.45, 2.75) is 64.8 Å². The minimum atomic E-state index is -4.62. The molecule has 1 fully saturated rings. The van der Waals surface area contributed by atoms with Crippen molar-refractivity contribution in [1.82, 2.24) is 9.36 Å². The van der Waals surface area contributed by atoms with Crippen molar-refractivity contribution in [2.75, 3.05) is 39.6 Å². The summed E-state index contributed by atoms with van der Waals surface area (Å²) in [7, 11) is 1.88. The standard InChI is InChI=1S/C27H38F3N3O5/c1-6-35-12-13-36-14-15-38-22-10-9-19(27(28,29)30)16-21(22)25(34)31-24-17-23(26(2,3)4)32(5)33(24)18-20-8-7-11-37-20/h9-10,16-17,20H,6-8,11-15,18H2,1-5H3/b31-24+/t20-/m1/s1. The van der Waals surface area contributed by atoms with Crippen molar-refractivity contribution in [3.05, 3.63) is 46.6 Å². The Hall–Kier alpha value is -2.63. The average Bonchev–Trinajstić information content (AvgIpc) is 3.46. The van der Waals surface area contributed by atoms with E-state index in [9.17, 15) is 18.0 Å². The van der Waals surface area contributed by atoms with Crippen LogP contribution in [0.1, 0.15) is 62.2 Å². The third kappa shape index (κ3) is 7.94. The summed E-state index contributed by atoms with van der Waals surface area (Å²) in [5.74, 6) is -0.812. The van der Waals surface area contributed by atoms with Gasteiger partial charge in [0.05, 0.1) is 43.6 Å². The van der Waals surface area contributed by atoms with Gasteiger partial charge < -0.3 is 18.9 Å². The highest BCUT2D eigenvalue weighted by molar-refractivity contribution is 5.97. The zero-order chi connectivity index (χ0) is 27.9. The van der Waals surface area contributed by atoms with Crippen molar-refractivity contribution in [1.29, 1.82) is 0 Å². The molecule has 1 aliphatic rings. The number of alkyl halides is 3. The largest absolute Gasteiger partial charge is 0.490 e. The molecule has 1 aliphatic heterocycles. The third-order valence-corrected chi connectivity index (χ3v) is 6.22. The van der Waals surface area contributed by atoms with Gasteiger partial charge in [0.25, 0.3) is 5.91 Å². The van der Waals surface area contributed by atoms with Gasteiger partial charge in [0, 0.05) is 37.4 Å². The highest BCUT2D eigenvalue weighted by Gasteiger charge is 2.32. The fourth-order valence-electron chi connectivity index (χ4n) is 4.30. The van der Waals surface area contributed by atoms with Crippen LogP contribution in [-0.4, -0.2) is 61.0 Å². The van der Waals surface area contributed by atoms with Gasteiger partial charge in [0.15, 0.2) is 5.49 Å². The molecule has 212 valence electrons. The van der Waals surface area contributed by atoms with Crippen LogP contribution < -0.4 is 10.2 Å². The van der Waals surface area contributed by atoms with Crippen LogP contribution in [0.3, 0.4) is 0 Å². The van der Waals surface area contributed by atoms with Crippen LogP contribution in [0.15, 0.2) is 29.3 Å². The normalized spacial score (nSPS) is 16.8. The summed E-state index contributed by atoms with van der Waals surface area (Å²) in [6.07, 6.45) is -2.81. The van der Waals surface area contributed by atoms with Gasteiger partial charge in [-0.2, -0.15) is 18.2 Å². The van der Waals surface area contributed by atoms with Gasteiger partial charge in [0.2, 0.25) is 0 Å². The minimum Gasteiger partial charge on any atom is -0.490 e. The van der Waals surface area contributed by atoms with E-state index in [2.05, 4.69) is 4.99 Å². The van der Waals surface area contributed by atoms with E-state index in [-0.39, 0.29) is 36.0 Å². The number of amides is 1. The molecule has 1 saturated heterocycles. The Kier molecular flexibility index (Phi) is 10.2. The van der Waals surface area contributed by atoms with Crippen LogP contribution in [0, 0.1) is 0 Å². The van der Waals surface area contributed by atoms with Crippen molar-refractivity contribution < 1.29 is 36.9 Å². The second-order valence-corrected chi connectivity index (χ2v) is 10.2. The predicted octanol–water partition coefficient (Wildman–Crippen LogP) is 4.49. The van der Waals surface area contributed by atoms with Gasteiger partial charge in [-0.1, -0.05) is 20.8 Å². The zero-order valence-corrected chi connectivity index (χ0v) is 22.8. The maximum atomic E-state index is 13.5. The van der Waals surface area contributed by atoms with Crippen LogP contribution in [0.4, 0.5) is 13.2 Å². The van der Waals surface area contributed by atoms with Gasteiger partial charge in [-0.3, -0.25) is 14.2 Å². The number of ether oxygens (including phenoxy) is 4. The molecule has 11 heteroatoms. The van der Waals surface area contributed by atoms with E-state index < -0.39 is 17.6 Å². The van der Waals surface area contributed by atoms with Crippen LogP contribution in [0.25, 0.3) is 0 Å². The number of rotatable bonds is 11. The van der Waals surface area contributed by atoms with Gasteiger partial charge >= 0.3 is 6.18 Å². The van der Waals surface area contributed by atoms with Crippen molar-refractivity contribution in [2.24, 2.45) is 12.0 Å². The summed E-state index contributed by atoms with van der Waals surface area (Å²) in [6.45, 7) is 10.8. The van der Waals surface area contributed by atoms with Crippen molar-refractivity contribution >= 4 is 5.91 Å². The Morgan fingerprint density at radius 1 is 1.11 bits per heavy atom.